The van der Waals surface area contributed by atoms with Crippen LogP contribution in [0.1, 0.15) is 51.4 Å². The minimum atomic E-state index is 0.333. The summed E-state index contributed by atoms with van der Waals surface area (Å²) in [5, 5.41) is 3.48. The molecule has 3 aliphatic rings. The molecule has 1 N–H and O–H groups in total. The summed E-state index contributed by atoms with van der Waals surface area (Å²) in [5.74, 6) is 0.667. The van der Waals surface area contributed by atoms with Gasteiger partial charge in [-0.2, -0.15) is 0 Å². The number of carbonyl (C=O) groups is 1. The van der Waals surface area contributed by atoms with Crippen LogP contribution in [0.15, 0.2) is 0 Å². The molecule has 1 aliphatic carbocycles. The van der Waals surface area contributed by atoms with Crippen LogP contribution in [0.25, 0.3) is 0 Å². The molecule has 20 heavy (non-hydrogen) atoms. The first-order chi connectivity index (χ1) is 9.84. The molecule has 0 aromatic heterocycles. The van der Waals surface area contributed by atoms with Crippen LogP contribution in [0.2, 0.25) is 0 Å². The average Bonchev–Trinajstić information content (AvgIpc) is 3.31. The van der Waals surface area contributed by atoms with Crippen LogP contribution < -0.4 is 5.32 Å². The molecule has 1 unspecified atom stereocenters. The van der Waals surface area contributed by atoms with E-state index in [1.54, 1.807) is 0 Å². The van der Waals surface area contributed by atoms with Gasteiger partial charge in [0.1, 0.15) is 0 Å². The fourth-order valence-corrected chi connectivity index (χ4v) is 3.57. The number of nitrogens with zero attached hydrogens (tertiary/aromatic N) is 2. The molecule has 2 amide bonds. The minimum Gasteiger partial charge on any atom is -0.325 e. The van der Waals surface area contributed by atoms with Crippen molar-refractivity contribution in [1.82, 2.24) is 15.1 Å². The summed E-state index contributed by atoms with van der Waals surface area (Å²) < 4.78 is 0. The van der Waals surface area contributed by atoms with Crippen molar-refractivity contribution in [3.05, 3.63) is 0 Å². The van der Waals surface area contributed by atoms with Crippen LogP contribution in [-0.2, 0) is 0 Å². The highest BCUT2D eigenvalue weighted by Crippen LogP contribution is 2.30. The van der Waals surface area contributed by atoms with Crippen molar-refractivity contribution in [2.45, 2.75) is 57.4 Å². The number of hydrogen-bond acceptors (Lipinski definition) is 2. The van der Waals surface area contributed by atoms with E-state index >= 15 is 0 Å². The summed E-state index contributed by atoms with van der Waals surface area (Å²) in [6, 6.07) is 0.882. The van der Waals surface area contributed by atoms with Crippen LogP contribution in [-0.4, -0.2) is 54.6 Å². The Kier molecular flexibility index (Phi) is 4.81. The lowest BCUT2D eigenvalue weighted by Crippen LogP contribution is -2.48. The standard InChI is InChI=1S/C16H29N3O/c20-16(18-10-3-1-2-4-11-18)19(15-7-8-15)13-14-6-5-9-17-12-14/h14-15,17H,1-13H2. The van der Waals surface area contributed by atoms with Gasteiger partial charge in [-0.3, -0.25) is 0 Å². The van der Waals surface area contributed by atoms with Gasteiger partial charge in [0.2, 0.25) is 0 Å². The predicted octanol–water partition coefficient (Wildman–Crippen LogP) is 2.45. The third kappa shape index (κ3) is 3.66. The van der Waals surface area contributed by atoms with Gasteiger partial charge in [0.25, 0.3) is 0 Å². The topological polar surface area (TPSA) is 35.6 Å². The summed E-state index contributed by atoms with van der Waals surface area (Å²) in [7, 11) is 0. The Bertz CT molecular complexity index is 316. The molecule has 4 nitrogen and oxygen atoms in total. The minimum absolute atomic E-state index is 0.333. The Morgan fingerprint density at radius 3 is 2.40 bits per heavy atom. The van der Waals surface area contributed by atoms with E-state index in [2.05, 4.69) is 15.1 Å². The van der Waals surface area contributed by atoms with Crippen molar-refractivity contribution in [1.29, 1.82) is 0 Å². The van der Waals surface area contributed by atoms with Gasteiger partial charge in [0, 0.05) is 25.7 Å². The van der Waals surface area contributed by atoms with Crippen molar-refractivity contribution in [3.8, 4) is 0 Å². The zero-order valence-electron chi connectivity index (χ0n) is 12.6. The molecular formula is C16H29N3O. The monoisotopic (exact) mass is 279 g/mol. The van der Waals surface area contributed by atoms with Gasteiger partial charge in [-0.05, 0) is 57.5 Å². The Morgan fingerprint density at radius 1 is 1.05 bits per heavy atom. The maximum absolute atomic E-state index is 12.8. The molecule has 0 aromatic rings. The van der Waals surface area contributed by atoms with E-state index in [1.807, 2.05) is 0 Å². The first-order valence-corrected chi connectivity index (χ1v) is 8.61. The third-order valence-corrected chi connectivity index (χ3v) is 4.96. The van der Waals surface area contributed by atoms with E-state index in [1.165, 1.54) is 51.4 Å². The Labute approximate surface area is 122 Å². The second-order valence-corrected chi connectivity index (χ2v) is 6.78. The van der Waals surface area contributed by atoms with Crippen molar-refractivity contribution in [3.63, 3.8) is 0 Å². The molecular weight excluding hydrogens is 250 g/mol. The van der Waals surface area contributed by atoms with E-state index in [-0.39, 0.29) is 0 Å². The number of likely N-dealkylation sites (tertiary alicyclic amines) is 1. The van der Waals surface area contributed by atoms with Gasteiger partial charge in [-0.15, -0.1) is 0 Å². The highest BCUT2D eigenvalue weighted by Gasteiger charge is 2.36. The smallest absolute Gasteiger partial charge is 0.320 e. The van der Waals surface area contributed by atoms with Crippen LogP contribution in [0.3, 0.4) is 0 Å². The number of piperidine rings is 1. The molecule has 0 aromatic carbocycles. The van der Waals surface area contributed by atoms with E-state index in [4.69, 9.17) is 0 Å². The van der Waals surface area contributed by atoms with Crippen LogP contribution in [0.4, 0.5) is 4.79 Å². The summed E-state index contributed by atoms with van der Waals surface area (Å²) in [5.41, 5.74) is 0. The lowest BCUT2D eigenvalue weighted by molar-refractivity contribution is 0.138. The number of amides is 2. The van der Waals surface area contributed by atoms with E-state index in [0.29, 0.717) is 18.0 Å². The van der Waals surface area contributed by atoms with Gasteiger partial charge in [0.05, 0.1) is 0 Å². The Morgan fingerprint density at radius 2 is 1.80 bits per heavy atom. The molecule has 1 atom stereocenters. The molecule has 4 heteroatoms. The number of carbonyl (C=O) groups excluding carboxylic acids is 1. The van der Waals surface area contributed by atoms with E-state index in [0.717, 1.165) is 32.7 Å². The van der Waals surface area contributed by atoms with Gasteiger partial charge >= 0.3 is 6.03 Å². The fraction of sp³-hybridized carbons (Fsp3) is 0.938. The third-order valence-electron chi connectivity index (χ3n) is 4.96. The van der Waals surface area contributed by atoms with Crippen molar-refractivity contribution in [2.24, 2.45) is 5.92 Å². The summed E-state index contributed by atoms with van der Waals surface area (Å²) >= 11 is 0. The lowest BCUT2D eigenvalue weighted by atomic mass is 9.99. The van der Waals surface area contributed by atoms with E-state index < -0.39 is 0 Å². The Hall–Kier alpha value is -0.770. The maximum Gasteiger partial charge on any atom is 0.320 e. The zero-order chi connectivity index (χ0) is 13.8. The second kappa shape index (κ2) is 6.79. The number of hydrogen-bond donors (Lipinski definition) is 1. The average molecular weight is 279 g/mol. The molecule has 3 rings (SSSR count). The summed E-state index contributed by atoms with van der Waals surface area (Å²) in [6.07, 6.45) is 9.95. The fourth-order valence-electron chi connectivity index (χ4n) is 3.57. The number of nitrogens with one attached hydrogen (secondary N) is 1. The molecule has 2 aliphatic heterocycles. The first-order valence-electron chi connectivity index (χ1n) is 8.61. The van der Waals surface area contributed by atoms with Crippen LogP contribution >= 0.6 is 0 Å². The molecule has 3 fully saturated rings. The zero-order valence-corrected chi connectivity index (χ0v) is 12.6. The van der Waals surface area contributed by atoms with Gasteiger partial charge in [0.15, 0.2) is 0 Å². The van der Waals surface area contributed by atoms with Crippen molar-refractivity contribution < 1.29 is 4.79 Å². The van der Waals surface area contributed by atoms with Crippen LogP contribution in [0, 0.1) is 5.92 Å². The van der Waals surface area contributed by atoms with Crippen LogP contribution in [0.5, 0.6) is 0 Å². The van der Waals surface area contributed by atoms with Gasteiger partial charge in [-0.25, -0.2) is 4.79 Å². The molecule has 2 heterocycles. The van der Waals surface area contributed by atoms with Gasteiger partial charge in [-0.1, -0.05) is 12.8 Å². The number of rotatable bonds is 3. The predicted molar refractivity (Wildman–Crippen MR) is 80.8 cm³/mol. The normalized spacial score (nSPS) is 28.0. The second-order valence-electron chi connectivity index (χ2n) is 6.78. The van der Waals surface area contributed by atoms with Gasteiger partial charge < -0.3 is 15.1 Å². The highest BCUT2D eigenvalue weighted by atomic mass is 16.2. The quantitative estimate of drug-likeness (QED) is 0.861. The largest absolute Gasteiger partial charge is 0.325 e. The molecule has 0 spiro atoms. The SMILES string of the molecule is O=C(N1CCCCCC1)N(CC1CCCNC1)C1CC1. The Balaban J connectivity index is 1.58. The van der Waals surface area contributed by atoms with Crippen molar-refractivity contribution >= 4 is 6.03 Å². The summed E-state index contributed by atoms with van der Waals surface area (Å²) in [6.45, 7) is 5.18. The summed E-state index contributed by atoms with van der Waals surface area (Å²) in [4.78, 5) is 17.2. The molecule has 2 saturated heterocycles. The molecule has 114 valence electrons. The first kappa shape index (κ1) is 14.2. The molecule has 1 saturated carbocycles. The maximum atomic E-state index is 12.8. The highest BCUT2D eigenvalue weighted by molar-refractivity contribution is 5.75. The molecule has 0 bridgehead atoms. The molecule has 0 radical (unpaired) electrons. The van der Waals surface area contributed by atoms with Crippen molar-refractivity contribution in [2.75, 3.05) is 32.7 Å². The lowest BCUT2D eigenvalue weighted by Gasteiger charge is -2.34. The number of urea groups is 1. The van der Waals surface area contributed by atoms with E-state index in [9.17, 15) is 4.79 Å².